The van der Waals surface area contributed by atoms with Crippen molar-refractivity contribution in [3.05, 3.63) is 0 Å². The summed E-state index contributed by atoms with van der Waals surface area (Å²) in [5.41, 5.74) is 2.06. The van der Waals surface area contributed by atoms with Crippen molar-refractivity contribution in [2.75, 3.05) is 6.54 Å². The maximum atomic E-state index is 8.53. The van der Waals surface area contributed by atoms with Crippen molar-refractivity contribution in [1.29, 1.82) is 0 Å². The predicted octanol–water partition coefficient (Wildman–Crippen LogP) is 1.39. The number of nitrogens with one attached hydrogen (secondary N) is 1. The molecular formula is C10H22N2O2. The second kappa shape index (κ2) is 6.79. The first-order chi connectivity index (χ1) is 6.22. The van der Waals surface area contributed by atoms with Crippen molar-refractivity contribution in [3.63, 3.8) is 0 Å². The van der Waals surface area contributed by atoms with Crippen LogP contribution in [-0.4, -0.2) is 23.1 Å². The van der Waals surface area contributed by atoms with Crippen LogP contribution in [0.25, 0.3) is 0 Å². The van der Waals surface area contributed by atoms with Crippen LogP contribution >= 0.6 is 0 Å². The summed E-state index contributed by atoms with van der Waals surface area (Å²) < 4.78 is 0. The van der Waals surface area contributed by atoms with Crippen LogP contribution < -0.4 is 5.48 Å². The molecule has 1 aliphatic rings. The molecule has 0 bridgehead atoms. The van der Waals surface area contributed by atoms with Crippen LogP contribution in [0.1, 0.15) is 39.5 Å². The Bertz CT molecular complexity index is 175. The Morgan fingerprint density at radius 3 is 2.43 bits per heavy atom. The van der Waals surface area contributed by atoms with Gasteiger partial charge in [-0.25, -0.2) is 0 Å². The number of amidine groups is 1. The quantitative estimate of drug-likeness (QED) is 0.403. The van der Waals surface area contributed by atoms with Crippen LogP contribution in [0.5, 0.6) is 0 Å². The standard InChI is InChI=1S/C10H20N2O.H2O/c1-8-3-5-10(6-4-8)7-11-9(2)12-13;/h8,10,13H,3-7H2,1-2H3,(H,11,12);1H2. The Labute approximate surface area is 85.7 Å². The normalized spacial score (nSPS) is 28.1. The molecule has 84 valence electrons. The van der Waals surface area contributed by atoms with Crippen molar-refractivity contribution in [3.8, 4) is 0 Å². The first kappa shape index (κ1) is 13.4. The summed E-state index contributed by atoms with van der Waals surface area (Å²) in [6.45, 7) is 4.97. The summed E-state index contributed by atoms with van der Waals surface area (Å²) >= 11 is 0. The zero-order valence-corrected chi connectivity index (χ0v) is 9.08. The number of hydroxylamine groups is 1. The monoisotopic (exact) mass is 202 g/mol. The molecule has 14 heavy (non-hydrogen) atoms. The Morgan fingerprint density at radius 2 is 1.93 bits per heavy atom. The highest BCUT2D eigenvalue weighted by Gasteiger charge is 2.17. The fraction of sp³-hybridized carbons (Fsp3) is 0.900. The van der Waals surface area contributed by atoms with Gasteiger partial charge in [0.2, 0.25) is 0 Å². The molecule has 4 nitrogen and oxygen atoms in total. The molecule has 0 atom stereocenters. The van der Waals surface area contributed by atoms with E-state index in [9.17, 15) is 0 Å². The van der Waals surface area contributed by atoms with Crippen molar-refractivity contribution in [2.24, 2.45) is 16.8 Å². The molecule has 0 amide bonds. The van der Waals surface area contributed by atoms with Crippen LogP contribution in [0.3, 0.4) is 0 Å². The molecule has 0 aliphatic heterocycles. The van der Waals surface area contributed by atoms with Gasteiger partial charge < -0.3 is 5.48 Å². The van der Waals surface area contributed by atoms with Crippen molar-refractivity contribution < 1.29 is 10.7 Å². The second-order valence-electron chi connectivity index (χ2n) is 4.16. The van der Waals surface area contributed by atoms with Gasteiger partial charge in [0.05, 0.1) is 0 Å². The molecule has 1 saturated carbocycles. The van der Waals surface area contributed by atoms with Gasteiger partial charge in [0, 0.05) is 6.54 Å². The zero-order valence-electron chi connectivity index (χ0n) is 9.08. The third-order valence-corrected chi connectivity index (χ3v) is 2.88. The van der Waals surface area contributed by atoms with Crippen LogP contribution in [0.4, 0.5) is 0 Å². The van der Waals surface area contributed by atoms with Gasteiger partial charge in [0.1, 0.15) is 5.84 Å². The lowest BCUT2D eigenvalue weighted by Crippen LogP contribution is -2.19. The Hall–Kier alpha value is -0.610. The topological polar surface area (TPSA) is 76.1 Å². The van der Waals surface area contributed by atoms with Gasteiger partial charge in [0.25, 0.3) is 0 Å². The maximum Gasteiger partial charge on any atom is 0.117 e. The molecule has 4 N–H and O–H groups in total. The van der Waals surface area contributed by atoms with E-state index in [0.29, 0.717) is 5.84 Å². The van der Waals surface area contributed by atoms with E-state index < -0.39 is 0 Å². The summed E-state index contributed by atoms with van der Waals surface area (Å²) in [6, 6.07) is 0. The highest BCUT2D eigenvalue weighted by atomic mass is 16.5. The van der Waals surface area contributed by atoms with E-state index in [1.54, 1.807) is 6.92 Å². The molecule has 0 unspecified atom stereocenters. The maximum absolute atomic E-state index is 8.53. The first-order valence-corrected chi connectivity index (χ1v) is 5.13. The van der Waals surface area contributed by atoms with Gasteiger partial charge in [-0.1, -0.05) is 19.8 Å². The van der Waals surface area contributed by atoms with Crippen LogP contribution in [0, 0.1) is 11.8 Å². The summed E-state index contributed by atoms with van der Waals surface area (Å²) in [5.74, 6) is 2.26. The van der Waals surface area contributed by atoms with Crippen LogP contribution in [0.2, 0.25) is 0 Å². The highest BCUT2D eigenvalue weighted by molar-refractivity contribution is 5.78. The first-order valence-electron chi connectivity index (χ1n) is 5.13. The number of hydrogen-bond donors (Lipinski definition) is 2. The molecule has 1 aliphatic carbocycles. The van der Waals surface area contributed by atoms with Gasteiger partial charge in [0.15, 0.2) is 0 Å². The molecule has 0 aromatic carbocycles. The average Bonchev–Trinajstić information content (AvgIpc) is 2.16. The molecule has 1 fully saturated rings. The van der Waals surface area contributed by atoms with Crippen molar-refractivity contribution in [2.45, 2.75) is 39.5 Å². The number of rotatable bonds is 2. The lowest BCUT2D eigenvalue weighted by Gasteiger charge is -2.24. The van der Waals surface area contributed by atoms with Gasteiger partial charge in [-0.3, -0.25) is 15.7 Å². The third-order valence-electron chi connectivity index (χ3n) is 2.88. The molecule has 0 radical (unpaired) electrons. The Kier molecular flexibility index (Phi) is 6.49. The fourth-order valence-electron chi connectivity index (χ4n) is 1.81. The Morgan fingerprint density at radius 1 is 1.36 bits per heavy atom. The molecule has 0 aromatic rings. The summed E-state index contributed by atoms with van der Waals surface area (Å²) in [7, 11) is 0. The molecule has 4 heteroatoms. The van der Waals surface area contributed by atoms with Gasteiger partial charge in [-0.05, 0) is 31.6 Å². The third kappa shape index (κ3) is 4.58. The summed E-state index contributed by atoms with van der Waals surface area (Å²) in [4.78, 5) is 4.25. The van der Waals surface area contributed by atoms with Crippen molar-refractivity contribution >= 4 is 5.84 Å². The second-order valence-corrected chi connectivity index (χ2v) is 4.16. The van der Waals surface area contributed by atoms with E-state index in [-0.39, 0.29) is 5.48 Å². The lowest BCUT2D eigenvalue weighted by molar-refractivity contribution is 0.232. The van der Waals surface area contributed by atoms with Gasteiger partial charge in [-0.2, -0.15) is 0 Å². The van der Waals surface area contributed by atoms with Crippen molar-refractivity contribution in [1.82, 2.24) is 5.48 Å². The SMILES string of the molecule is CC(=NCC1CCC(C)CC1)NO.O. The zero-order chi connectivity index (χ0) is 9.68. The number of nitrogens with zero attached hydrogens (tertiary/aromatic N) is 1. The molecule has 0 heterocycles. The minimum absolute atomic E-state index is 0. The van der Waals surface area contributed by atoms with Gasteiger partial charge >= 0.3 is 0 Å². The van der Waals surface area contributed by atoms with E-state index in [4.69, 9.17) is 5.21 Å². The minimum Gasteiger partial charge on any atom is -0.412 e. The largest absolute Gasteiger partial charge is 0.412 e. The van der Waals surface area contributed by atoms with Gasteiger partial charge in [-0.15, -0.1) is 0 Å². The fourth-order valence-corrected chi connectivity index (χ4v) is 1.81. The predicted molar refractivity (Wildman–Crippen MR) is 57.6 cm³/mol. The van der Waals surface area contributed by atoms with E-state index in [2.05, 4.69) is 17.4 Å². The smallest absolute Gasteiger partial charge is 0.117 e. The van der Waals surface area contributed by atoms with Crippen LogP contribution in [-0.2, 0) is 0 Å². The summed E-state index contributed by atoms with van der Waals surface area (Å²) in [6.07, 6.45) is 5.27. The van der Waals surface area contributed by atoms with E-state index in [0.717, 1.165) is 18.4 Å². The van der Waals surface area contributed by atoms with E-state index in [1.807, 2.05) is 0 Å². The van der Waals surface area contributed by atoms with E-state index in [1.165, 1.54) is 25.7 Å². The minimum atomic E-state index is 0. The van der Waals surface area contributed by atoms with Crippen LogP contribution in [0.15, 0.2) is 4.99 Å². The number of aliphatic imine (C=N–C) groups is 1. The lowest BCUT2D eigenvalue weighted by atomic mass is 9.83. The Balaban J connectivity index is 0.00000169. The number of hydrogen-bond acceptors (Lipinski definition) is 2. The average molecular weight is 202 g/mol. The molecule has 0 spiro atoms. The molecule has 1 rings (SSSR count). The molecule has 0 aromatic heterocycles. The molecule has 0 saturated heterocycles. The highest BCUT2D eigenvalue weighted by Crippen LogP contribution is 2.28. The van der Waals surface area contributed by atoms with E-state index >= 15 is 0 Å². The molecular weight excluding hydrogens is 180 g/mol. The summed E-state index contributed by atoms with van der Waals surface area (Å²) in [5, 5.41) is 8.53.